The number of fused-ring (bicyclic) bond motifs is 1. The van der Waals surface area contributed by atoms with Gasteiger partial charge in [-0.25, -0.2) is 4.39 Å². The van der Waals surface area contributed by atoms with E-state index in [0.717, 1.165) is 31.2 Å². The molecule has 1 unspecified atom stereocenters. The molecule has 1 aromatic heterocycles. The Hall–Kier alpha value is -2.80. The van der Waals surface area contributed by atoms with E-state index in [1.54, 1.807) is 37.4 Å². The predicted molar refractivity (Wildman–Crippen MR) is 113 cm³/mol. The average molecular weight is 412 g/mol. The van der Waals surface area contributed by atoms with Crippen molar-refractivity contribution in [1.29, 1.82) is 0 Å². The van der Waals surface area contributed by atoms with Crippen molar-refractivity contribution in [2.75, 3.05) is 0 Å². The lowest BCUT2D eigenvalue weighted by Gasteiger charge is -2.25. The molecule has 1 saturated carbocycles. The van der Waals surface area contributed by atoms with E-state index in [4.69, 9.17) is 12.2 Å². The SMILES string of the molecule is Cn1c(=S)[nH]c2cc(C(=O)NC(c3ccc(F)cc3)C3CCCC3)ccc2c1=O. The maximum atomic E-state index is 13.4. The second-order valence-electron chi connectivity index (χ2n) is 7.60. The number of benzene rings is 2. The van der Waals surface area contributed by atoms with Crippen LogP contribution in [0.1, 0.15) is 47.6 Å². The first-order chi connectivity index (χ1) is 13.9. The summed E-state index contributed by atoms with van der Waals surface area (Å²) in [5, 5.41) is 3.61. The zero-order valence-corrected chi connectivity index (χ0v) is 16.9. The number of carbonyl (C=O) groups is 1. The van der Waals surface area contributed by atoms with Crippen LogP contribution in [-0.4, -0.2) is 15.5 Å². The molecule has 1 amide bonds. The van der Waals surface area contributed by atoms with Crippen molar-refractivity contribution in [3.05, 3.63) is 74.5 Å². The van der Waals surface area contributed by atoms with Gasteiger partial charge in [-0.3, -0.25) is 14.2 Å². The van der Waals surface area contributed by atoms with E-state index in [1.807, 2.05) is 0 Å². The molecule has 29 heavy (non-hydrogen) atoms. The standard InChI is InChI=1S/C22H22FN3O2S/c1-26-21(28)17-11-8-15(12-18(17)24-22(26)29)20(27)25-19(13-4-2-3-5-13)14-6-9-16(23)10-7-14/h6-13,19H,2-5H2,1H3,(H,24,29)(H,25,27). The fourth-order valence-corrected chi connectivity index (χ4v) is 4.30. The van der Waals surface area contributed by atoms with Gasteiger partial charge in [0.2, 0.25) is 0 Å². The predicted octanol–water partition coefficient (Wildman–Crippen LogP) is 4.40. The van der Waals surface area contributed by atoms with Gasteiger partial charge in [-0.2, -0.15) is 0 Å². The van der Waals surface area contributed by atoms with Crippen molar-refractivity contribution < 1.29 is 9.18 Å². The largest absolute Gasteiger partial charge is 0.345 e. The van der Waals surface area contributed by atoms with Crippen LogP contribution >= 0.6 is 12.2 Å². The Labute approximate surface area is 172 Å². The van der Waals surface area contributed by atoms with E-state index < -0.39 is 0 Å². The molecule has 2 N–H and O–H groups in total. The topological polar surface area (TPSA) is 66.9 Å². The molecule has 0 saturated heterocycles. The lowest BCUT2D eigenvalue weighted by Crippen LogP contribution is -2.32. The molecule has 1 aliphatic carbocycles. The maximum absolute atomic E-state index is 13.4. The van der Waals surface area contributed by atoms with Gasteiger partial charge in [-0.1, -0.05) is 25.0 Å². The Morgan fingerprint density at radius 3 is 2.59 bits per heavy atom. The Bertz CT molecular complexity index is 1180. The van der Waals surface area contributed by atoms with E-state index in [-0.39, 0.29) is 23.3 Å². The summed E-state index contributed by atoms with van der Waals surface area (Å²) in [5.74, 6) is -0.201. The van der Waals surface area contributed by atoms with E-state index in [0.29, 0.717) is 27.2 Å². The number of halogens is 1. The zero-order chi connectivity index (χ0) is 20.5. The summed E-state index contributed by atoms with van der Waals surface area (Å²) >= 11 is 5.17. The number of nitrogens with one attached hydrogen (secondary N) is 2. The number of hydrogen-bond donors (Lipinski definition) is 2. The molecule has 150 valence electrons. The molecule has 1 atom stereocenters. The minimum Gasteiger partial charge on any atom is -0.345 e. The number of H-pyrrole nitrogens is 1. The minimum atomic E-state index is -0.295. The Balaban J connectivity index is 1.66. The third kappa shape index (κ3) is 3.87. The quantitative estimate of drug-likeness (QED) is 0.626. The molecule has 0 radical (unpaired) electrons. The lowest BCUT2D eigenvalue weighted by atomic mass is 9.91. The van der Waals surface area contributed by atoms with Gasteiger partial charge in [0.25, 0.3) is 11.5 Å². The molecule has 1 aliphatic rings. The van der Waals surface area contributed by atoms with E-state index in [1.165, 1.54) is 16.7 Å². The molecule has 1 heterocycles. The molecule has 4 rings (SSSR count). The fourth-order valence-electron chi connectivity index (χ4n) is 4.11. The molecule has 0 bridgehead atoms. The van der Waals surface area contributed by atoms with E-state index in [9.17, 15) is 14.0 Å². The number of rotatable bonds is 4. The summed E-state index contributed by atoms with van der Waals surface area (Å²) < 4.78 is 15.0. The van der Waals surface area contributed by atoms with Gasteiger partial charge < -0.3 is 10.3 Å². The van der Waals surface area contributed by atoms with Gasteiger partial charge >= 0.3 is 0 Å². The van der Waals surface area contributed by atoms with Crippen molar-refractivity contribution in [1.82, 2.24) is 14.9 Å². The number of aromatic amines is 1. The maximum Gasteiger partial charge on any atom is 0.261 e. The number of amides is 1. The van der Waals surface area contributed by atoms with Gasteiger partial charge in [-0.05, 0) is 66.9 Å². The molecular formula is C22H22FN3O2S. The van der Waals surface area contributed by atoms with Crippen LogP contribution in [0.15, 0.2) is 47.3 Å². The van der Waals surface area contributed by atoms with Crippen molar-refractivity contribution in [3.63, 3.8) is 0 Å². The zero-order valence-electron chi connectivity index (χ0n) is 16.1. The fraction of sp³-hybridized carbons (Fsp3) is 0.318. The third-order valence-corrected chi connectivity index (χ3v) is 6.13. The first-order valence-corrected chi connectivity index (χ1v) is 10.1. The minimum absolute atomic E-state index is 0.177. The third-order valence-electron chi connectivity index (χ3n) is 5.75. The molecule has 3 aromatic rings. The lowest BCUT2D eigenvalue weighted by molar-refractivity contribution is 0.0922. The van der Waals surface area contributed by atoms with Crippen molar-refractivity contribution in [2.24, 2.45) is 13.0 Å². The summed E-state index contributed by atoms with van der Waals surface area (Å²) in [5.41, 5.74) is 1.68. The number of aromatic nitrogens is 2. The Morgan fingerprint density at radius 2 is 1.90 bits per heavy atom. The highest BCUT2D eigenvalue weighted by molar-refractivity contribution is 7.71. The van der Waals surface area contributed by atoms with Crippen molar-refractivity contribution in [2.45, 2.75) is 31.7 Å². The van der Waals surface area contributed by atoms with Crippen LogP contribution in [0.2, 0.25) is 0 Å². The summed E-state index contributed by atoms with van der Waals surface area (Å²) in [4.78, 5) is 28.4. The van der Waals surface area contributed by atoms with E-state index >= 15 is 0 Å². The van der Waals surface area contributed by atoms with Gasteiger partial charge in [-0.15, -0.1) is 0 Å². The average Bonchev–Trinajstić information content (AvgIpc) is 3.25. The highest BCUT2D eigenvalue weighted by atomic mass is 32.1. The number of nitrogens with zero attached hydrogens (tertiary/aromatic N) is 1. The normalized spacial score (nSPS) is 15.5. The summed E-state index contributed by atoms with van der Waals surface area (Å²) in [6, 6.07) is 11.1. The monoisotopic (exact) mass is 411 g/mol. The summed E-state index contributed by atoms with van der Waals surface area (Å²) in [6.45, 7) is 0. The van der Waals surface area contributed by atoms with Crippen LogP contribution in [0.25, 0.3) is 10.9 Å². The second kappa shape index (κ2) is 7.91. The summed E-state index contributed by atoms with van der Waals surface area (Å²) in [6.07, 6.45) is 4.33. The summed E-state index contributed by atoms with van der Waals surface area (Å²) in [7, 11) is 1.61. The molecule has 5 nitrogen and oxygen atoms in total. The van der Waals surface area contributed by atoms with Crippen molar-refractivity contribution >= 4 is 29.0 Å². The van der Waals surface area contributed by atoms with Gasteiger partial charge in [0, 0.05) is 12.6 Å². The van der Waals surface area contributed by atoms with Crippen LogP contribution in [-0.2, 0) is 7.05 Å². The molecule has 0 aliphatic heterocycles. The van der Waals surface area contributed by atoms with Crippen LogP contribution in [0.3, 0.4) is 0 Å². The van der Waals surface area contributed by atoms with Crippen LogP contribution in [0.4, 0.5) is 4.39 Å². The molecular weight excluding hydrogens is 389 g/mol. The number of hydrogen-bond acceptors (Lipinski definition) is 3. The van der Waals surface area contributed by atoms with Crippen LogP contribution < -0.4 is 10.9 Å². The first-order valence-electron chi connectivity index (χ1n) is 9.73. The smallest absolute Gasteiger partial charge is 0.261 e. The molecule has 0 spiro atoms. The molecule has 7 heteroatoms. The second-order valence-corrected chi connectivity index (χ2v) is 7.99. The van der Waals surface area contributed by atoms with Crippen LogP contribution in [0.5, 0.6) is 0 Å². The van der Waals surface area contributed by atoms with Gasteiger partial charge in [0.1, 0.15) is 5.82 Å². The first kappa shape index (κ1) is 19.5. The Morgan fingerprint density at radius 1 is 1.21 bits per heavy atom. The van der Waals surface area contributed by atoms with Crippen molar-refractivity contribution in [3.8, 4) is 0 Å². The molecule has 1 fully saturated rings. The highest BCUT2D eigenvalue weighted by Gasteiger charge is 2.28. The van der Waals surface area contributed by atoms with Gasteiger partial charge in [0.05, 0.1) is 16.9 Å². The molecule has 2 aromatic carbocycles. The van der Waals surface area contributed by atoms with Crippen LogP contribution in [0, 0.1) is 16.5 Å². The van der Waals surface area contributed by atoms with E-state index in [2.05, 4.69) is 10.3 Å². The Kier molecular flexibility index (Phi) is 5.32. The highest BCUT2D eigenvalue weighted by Crippen LogP contribution is 2.36. The number of carbonyl (C=O) groups excluding carboxylic acids is 1. The van der Waals surface area contributed by atoms with Gasteiger partial charge in [0.15, 0.2) is 4.77 Å².